The number of hydrogen-bond donors (Lipinski definition) is 1. The van der Waals surface area contributed by atoms with E-state index in [2.05, 4.69) is 10.4 Å². The standard InChI is InChI=1S/C10H17N3O3/c1-13-4-3-9(12-13)7-11-10(14)8-16-6-5-15-2/h3-4H,5-8H2,1-2H3,(H,11,14). The molecule has 1 amide bonds. The van der Waals surface area contributed by atoms with Crippen molar-refractivity contribution in [1.29, 1.82) is 0 Å². The first kappa shape index (κ1) is 12.7. The van der Waals surface area contributed by atoms with Crippen LogP contribution in [0.3, 0.4) is 0 Å². The van der Waals surface area contributed by atoms with E-state index in [1.165, 1.54) is 0 Å². The van der Waals surface area contributed by atoms with Crippen LogP contribution in [0.25, 0.3) is 0 Å². The maximum absolute atomic E-state index is 11.3. The maximum atomic E-state index is 11.3. The highest BCUT2D eigenvalue weighted by Gasteiger charge is 2.02. The van der Waals surface area contributed by atoms with Crippen molar-refractivity contribution in [3.63, 3.8) is 0 Å². The lowest BCUT2D eigenvalue weighted by atomic mass is 10.4. The third-order valence-corrected chi connectivity index (χ3v) is 1.90. The molecule has 0 saturated heterocycles. The van der Waals surface area contributed by atoms with Gasteiger partial charge in [0.2, 0.25) is 5.91 Å². The Morgan fingerprint density at radius 2 is 2.38 bits per heavy atom. The molecule has 0 bridgehead atoms. The van der Waals surface area contributed by atoms with Crippen LogP contribution in [0.15, 0.2) is 12.3 Å². The summed E-state index contributed by atoms with van der Waals surface area (Å²) in [6, 6.07) is 1.85. The summed E-state index contributed by atoms with van der Waals surface area (Å²) in [6.07, 6.45) is 1.83. The van der Waals surface area contributed by atoms with Gasteiger partial charge in [0.1, 0.15) is 6.61 Å². The van der Waals surface area contributed by atoms with Gasteiger partial charge >= 0.3 is 0 Å². The van der Waals surface area contributed by atoms with E-state index in [4.69, 9.17) is 9.47 Å². The summed E-state index contributed by atoms with van der Waals surface area (Å²) in [5.41, 5.74) is 0.827. The molecule has 0 radical (unpaired) electrons. The van der Waals surface area contributed by atoms with Gasteiger partial charge in [0, 0.05) is 20.4 Å². The lowest BCUT2D eigenvalue weighted by Gasteiger charge is -2.04. The van der Waals surface area contributed by atoms with Crippen molar-refractivity contribution in [2.45, 2.75) is 6.54 Å². The van der Waals surface area contributed by atoms with Crippen molar-refractivity contribution in [1.82, 2.24) is 15.1 Å². The Morgan fingerprint density at radius 1 is 1.56 bits per heavy atom. The van der Waals surface area contributed by atoms with E-state index in [9.17, 15) is 4.79 Å². The molecule has 1 rings (SSSR count). The lowest BCUT2D eigenvalue weighted by molar-refractivity contribution is -0.126. The predicted octanol–water partition coefficient (Wildman–Crippen LogP) is -0.301. The predicted molar refractivity (Wildman–Crippen MR) is 57.7 cm³/mol. The average molecular weight is 227 g/mol. The highest BCUT2D eigenvalue weighted by atomic mass is 16.5. The van der Waals surface area contributed by atoms with Crippen molar-refractivity contribution < 1.29 is 14.3 Å². The number of carbonyl (C=O) groups excluding carboxylic acids is 1. The topological polar surface area (TPSA) is 65.4 Å². The zero-order chi connectivity index (χ0) is 11.8. The second-order valence-electron chi connectivity index (χ2n) is 3.30. The molecule has 0 saturated carbocycles. The lowest BCUT2D eigenvalue weighted by Crippen LogP contribution is -2.27. The third-order valence-electron chi connectivity index (χ3n) is 1.90. The summed E-state index contributed by atoms with van der Waals surface area (Å²) in [6.45, 7) is 1.39. The monoisotopic (exact) mass is 227 g/mol. The van der Waals surface area contributed by atoms with Gasteiger partial charge in [0.05, 0.1) is 25.5 Å². The summed E-state index contributed by atoms with van der Waals surface area (Å²) in [7, 11) is 3.42. The smallest absolute Gasteiger partial charge is 0.246 e. The molecule has 1 aromatic heterocycles. The molecule has 6 heteroatoms. The normalized spacial score (nSPS) is 10.4. The molecule has 6 nitrogen and oxygen atoms in total. The van der Waals surface area contributed by atoms with Crippen LogP contribution < -0.4 is 5.32 Å². The molecule has 0 aliphatic rings. The average Bonchev–Trinajstić information content (AvgIpc) is 2.68. The van der Waals surface area contributed by atoms with Crippen LogP contribution in [-0.4, -0.2) is 42.6 Å². The Balaban J connectivity index is 2.10. The summed E-state index contributed by atoms with van der Waals surface area (Å²) < 4.78 is 11.5. The maximum Gasteiger partial charge on any atom is 0.246 e. The van der Waals surface area contributed by atoms with Crippen molar-refractivity contribution >= 4 is 5.91 Å². The molecule has 90 valence electrons. The highest BCUT2D eigenvalue weighted by molar-refractivity contribution is 5.77. The van der Waals surface area contributed by atoms with Crippen LogP contribution >= 0.6 is 0 Å². The van der Waals surface area contributed by atoms with Crippen LogP contribution in [0.2, 0.25) is 0 Å². The number of carbonyl (C=O) groups is 1. The van der Waals surface area contributed by atoms with E-state index < -0.39 is 0 Å². The number of methoxy groups -OCH3 is 1. The van der Waals surface area contributed by atoms with E-state index in [-0.39, 0.29) is 12.5 Å². The van der Waals surface area contributed by atoms with Crippen LogP contribution in [0.5, 0.6) is 0 Å². The SMILES string of the molecule is COCCOCC(=O)NCc1ccn(C)n1. The van der Waals surface area contributed by atoms with Gasteiger partial charge in [0.25, 0.3) is 0 Å². The minimum Gasteiger partial charge on any atom is -0.382 e. The fraction of sp³-hybridized carbons (Fsp3) is 0.600. The van der Waals surface area contributed by atoms with Crippen molar-refractivity contribution in [3.05, 3.63) is 18.0 Å². The second kappa shape index (κ2) is 6.97. The Hall–Kier alpha value is -1.40. The van der Waals surface area contributed by atoms with Crippen molar-refractivity contribution in [3.8, 4) is 0 Å². The fourth-order valence-electron chi connectivity index (χ4n) is 1.10. The van der Waals surface area contributed by atoms with Crippen LogP contribution in [0.4, 0.5) is 0 Å². The molecule has 0 unspecified atom stereocenters. The summed E-state index contributed by atoms with van der Waals surface area (Å²) in [4.78, 5) is 11.3. The van der Waals surface area contributed by atoms with E-state index in [1.54, 1.807) is 11.8 Å². The molecule has 1 N–H and O–H groups in total. The molecular weight excluding hydrogens is 210 g/mol. The van der Waals surface area contributed by atoms with E-state index in [1.807, 2.05) is 19.3 Å². The van der Waals surface area contributed by atoms with Gasteiger partial charge in [-0.05, 0) is 6.07 Å². The molecule has 0 atom stereocenters. The number of rotatable bonds is 7. The minimum atomic E-state index is -0.151. The Kier molecular flexibility index (Phi) is 5.52. The number of nitrogens with zero attached hydrogens (tertiary/aromatic N) is 2. The number of nitrogens with one attached hydrogen (secondary N) is 1. The number of hydrogen-bond acceptors (Lipinski definition) is 4. The van der Waals surface area contributed by atoms with Crippen LogP contribution in [0.1, 0.15) is 5.69 Å². The number of aryl methyl sites for hydroxylation is 1. The quantitative estimate of drug-likeness (QED) is 0.649. The van der Waals surface area contributed by atoms with Crippen LogP contribution in [-0.2, 0) is 27.9 Å². The third kappa shape index (κ3) is 4.90. The first-order valence-electron chi connectivity index (χ1n) is 5.04. The van der Waals surface area contributed by atoms with Gasteiger partial charge in [-0.15, -0.1) is 0 Å². The van der Waals surface area contributed by atoms with Gasteiger partial charge in [-0.3, -0.25) is 9.48 Å². The Labute approximate surface area is 94.5 Å². The van der Waals surface area contributed by atoms with E-state index in [0.717, 1.165) is 5.69 Å². The van der Waals surface area contributed by atoms with Gasteiger partial charge in [-0.1, -0.05) is 0 Å². The zero-order valence-corrected chi connectivity index (χ0v) is 9.60. The number of aromatic nitrogens is 2. The van der Waals surface area contributed by atoms with Crippen molar-refractivity contribution in [2.75, 3.05) is 26.9 Å². The molecule has 1 heterocycles. The van der Waals surface area contributed by atoms with Crippen molar-refractivity contribution in [2.24, 2.45) is 7.05 Å². The van der Waals surface area contributed by atoms with E-state index in [0.29, 0.717) is 19.8 Å². The zero-order valence-electron chi connectivity index (χ0n) is 9.60. The molecule has 16 heavy (non-hydrogen) atoms. The van der Waals surface area contributed by atoms with Gasteiger partial charge in [-0.25, -0.2) is 0 Å². The largest absolute Gasteiger partial charge is 0.382 e. The number of ether oxygens (including phenoxy) is 2. The molecular formula is C10H17N3O3. The summed E-state index contributed by atoms with van der Waals surface area (Å²) >= 11 is 0. The fourth-order valence-corrected chi connectivity index (χ4v) is 1.10. The Morgan fingerprint density at radius 3 is 3.00 bits per heavy atom. The first-order chi connectivity index (χ1) is 7.72. The van der Waals surface area contributed by atoms with Gasteiger partial charge in [-0.2, -0.15) is 5.10 Å². The summed E-state index contributed by atoms with van der Waals surface area (Å²) in [5.74, 6) is -0.151. The molecule has 0 spiro atoms. The molecule has 0 aliphatic carbocycles. The van der Waals surface area contributed by atoms with Gasteiger partial charge in [0.15, 0.2) is 0 Å². The number of amides is 1. The Bertz CT molecular complexity index is 325. The van der Waals surface area contributed by atoms with Gasteiger partial charge < -0.3 is 14.8 Å². The molecule has 0 aromatic carbocycles. The molecule has 0 fully saturated rings. The molecule has 0 aliphatic heterocycles. The summed E-state index contributed by atoms with van der Waals surface area (Å²) in [5, 5.41) is 6.84. The first-order valence-corrected chi connectivity index (χ1v) is 5.04. The minimum absolute atomic E-state index is 0.0518. The second-order valence-corrected chi connectivity index (χ2v) is 3.30. The van der Waals surface area contributed by atoms with Crippen LogP contribution in [0, 0.1) is 0 Å². The van der Waals surface area contributed by atoms with E-state index >= 15 is 0 Å². The highest BCUT2D eigenvalue weighted by Crippen LogP contribution is 1.92. The molecule has 1 aromatic rings.